The Morgan fingerprint density at radius 3 is 2.38 bits per heavy atom. The van der Waals surface area contributed by atoms with Crippen LogP contribution in [-0.2, 0) is 4.79 Å². The standard InChI is InChI=1S/C17H19FN2O/c1-2-20(16-10-8-14(18)9-11-16)13-12-17(21)19-15-6-4-3-5-7-15/h3-11H,2,12-13H2,1H3,(H,19,21). The third-order valence-corrected chi connectivity index (χ3v) is 3.24. The Morgan fingerprint density at radius 1 is 1.10 bits per heavy atom. The highest BCUT2D eigenvalue weighted by Gasteiger charge is 2.08. The quantitative estimate of drug-likeness (QED) is 0.878. The Bertz CT molecular complexity index is 569. The number of carbonyl (C=O) groups excluding carboxylic acids is 1. The smallest absolute Gasteiger partial charge is 0.226 e. The normalized spacial score (nSPS) is 10.2. The van der Waals surface area contributed by atoms with Crippen molar-refractivity contribution in [2.45, 2.75) is 13.3 Å². The number of para-hydroxylation sites is 1. The summed E-state index contributed by atoms with van der Waals surface area (Å²) in [5.41, 5.74) is 1.72. The first kappa shape index (κ1) is 15.0. The van der Waals surface area contributed by atoms with Crippen LogP contribution < -0.4 is 10.2 Å². The number of nitrogens with one attached hydrogen (secondary N) is 1. The molecular weight excluding hydrogens is 267 g/mol. The van der Waals surface area contributed by atoms with Crippen LogP contribution in [0.25, 0.3) is 0 Å². The maximum atomic E-state index is 12.9. The zero-order valence-electron chi connectivity index (χ0n) is 12.1. The Morgan fingerprint density at radius 2 is 1.76 bits per heavy atom. The molecule has 2 aromatic carbocycles. The number of benzene rings is 2. The van der Waals surface area contributed by atoms with Crippen molar-refractivity contribution in [1.29, 1.82) is 0 Å². The van der Waals surface area contributed by atoms with E-state index in [4.69, 9.17) is 0 Å². The second kappa shape index (κ2) is 7.43. The maximum absolute atomic E-state index is 12.9. The first-order valence-electron chi connectivity index (χ1n) is 7.04. The van der Waals surface area contributed by atoms with Crippen LogP contribution in [0.5, 0.6) is 0 Å². The van der Waals surface area contributed by atoms with Crippen molar-refractivity contribution in [2.24, 2.45) is 0 Å². The summed E-state index contributed by atoms with van der Waals surface area (Å²) in [6.45, 7) is 3.38. The molecule has 4 heteroatoms. The molecule has 0 atom stereocenters. The number of hydrogen-bond acceptors (Lipinski definition) is 2. The molecule has 0 fully saturated rings. The lowest BCUT2D eigenvalue weighted by Crippen LogP contribution is -2.27. The Kier molecular flexibility index (Phi) is 5.32. The molecule has 21 heavy (non-hydrogen) atoms. The molecule has 0 aromatic heterocycles. The summed E-state index contributed by atoms with van der Waals surface area (Å²) >= 11 is 0. The van der Waals surface area contributed by atoms with Crippen molar-refractivity contribution in [1.82, 2.24) is 0 Å². The van der Waals surface area contributed by atoms with Gasteiger partial charge in [0.15, 0.2) is 0 Å². The van der Waals surface area contributed by atoms with Gasteiger partial charge in [0.05, 0.1) is 0 Å². The highest BCUT2D eigenvalue weighted by Crippen LogP contribution is 2.15. The molecule has 0 heterocycles. The summed E-state index contributed by atoms with van der Waals surface area (Å²) in [5, 5.41) is 2.86. The molecule has 1 N–H and O–H groups in total. The summed E-state index contributed by atoms with van der Waals surface area (Å²) in [6.07, 6.45) is 0.389. The minimum atomic E-state index is -0.253. The van der Waals surface area contributed by atoms with Gasteiger partial charge in [0, 0.05) is 30.9 Å². The third kappa shape index (κ3) is 4.60. The number of rotatable bonds is 6. The number of nitrogens with zero attached hydrogens (tertiary/aromatic N) is 1. The van der Waals surface area contributed by atoms with Crippen molar-refractivity contribution < 1.29 is 9.18 Å². The van der Waals surface area contributed by atoms with Crippen LogP contribution >= 0.6 is 0 Å². The van der Waals surface area contributed by atoms with Gasteiger partial charge in [0.2, 0.25) is 5.91 Å². The minimum Gasteiger partial charge on any atom is -0.371 e. The Labute approximate surface area is 124 Å². The molecule has 2 rings (SSSR count). The van der Waals surface area contributed by atoms with E-state index < -0.39 is 0 Å². The van der Waals surface area contributed by atoms with E-state index in [1.54, 1.807) is 12.1 Å². The highest BCUT2D eigenvalue weighted by atomic mass is 19.1. The predicted molar refractivity (Wildman–Crippen MR) is 84.0 cm³/mol. The number of hydrogen-bond donors (Lipinski definition) is 1. The second-order valence-electron chi connectivity index (χ2n) is 4.72. The van der Waals surface area contributed by atoms with Crippen LogP contribution in [0.1, 0.15) is 13.3 Å². The predicted octanol–water partition coefficient (Wildman–Crippen LogP) is 3.68. The van der Waals surface area contributed by atoms with Crippen LogP contribution in [0.2, 0.25) is 0 Å². The average molecular weight is 286 g/mol. The molecule has 0 spiro atoms. The van der Waals surface area contributed by atoms with Gasteiger partial charge in [-0.1, -0.05) is 18.2 Å². The van der Waals surface area contributed by atoms with Crippen molar-refractivity contribution >= 4 is 17.3 Å². The van der Waals surface area contributed by atoms with E-state index in [0.29, 0.717) is 13.0 Å². The van der Waals surface area contributed by atoms with E-state index in [1.807, 2.05) is 42.2 Å². The minimum absolute atomic E-state index is 0.0261. The molecule has 0 aliphatic rings. The van der Waals surface area contributed by atoms with Crippen LogP contribution in [-0.4, -0.2) is 19.0 Å². The second-order valence-corrected chi connectivity index (χ2v) is 4.72. The molecule has 1 amide bonds. The van der Waals surface area contributed by atoms with E-state index in [2.05, 4.69) is 5.32 Å². The van der Waals surface area contributed by atoms with Gasteiger partial charge in [-0.2, -0.15) is 0 Å². The lowest BCUT2D eigenvalue weighted by atomic mass is 10.2. The number of amides is 1. The van der Waals surface area contributed by atoms with E-state index in [-0.39, 0.29) is 11.7 Å². The van der Waals surface area contributed by atoms with Crippen LogP contribution in [0.4, 0.5) is 15.8 Å². The topological polar surface area (TPSA) is 32.3 Å². The Balaban J connectivity index is 1.88. The SMILES string of the molecule is CCN(CCC(=O)Nc1ccccc1)c1ccc(F)cc1. The van der Waals surface area contributed by atoms with Gasteiger partial charge in [-0.05, 0) is 43.3 Å². The van der Waals surface area contributed by atoms with Crippen molar-refractivity contribution in [3.05, 3.63) is 60.4 Å². The molecule has 0 saturated heterocycles. The van der Waals surface area contributed by atoms with E-state index in [0.717, 1.165) is 17.9 Å². The summed E-state index contributed by atoms with van der Waals surface area (Å²) < 4.78 is 12.9. The molecule has 0 saturated carbocycles. The molecule has 2 aromatic rings. The summed E-state index contributed by atoms with van der Waals surface area (Å²) in [5.74, 6) is -0.279. The molecule has 0 bridgehead atoms. The van der Waals surface area contributed by atoms with Gasteiger partial charge in [-0.15, -0.1) is 0 Å². The van der Waals surface area contributed by atoms with Crippen molar-refractivity contribution in [2.75, 3.05) is 23.3 Å². The number of halogens is 1. The third-order valence-electron chi connectivity index (χ3n) is 3.24. The highest BCUT2D eigenvalue weighted by molar-refractivity contribution is 5.90. The molecule has 0 unspecified atom stereocenters. The average Bonchev–Trinajstić information content (AvgIpc) is 2.50. The fraction of sp³-hybridized carbons (Fsp3) is 0.235. The summed E-state index contributed by atoms with van der Waals surface area (Å²) in [4.78, 5) is 14.0. The maximum Gasteiger partial charge on any atom is 0.226 e. The van der Waals surface area contributed by atoms with Gasteiger partial charge < -0.3 is 10.2 Å². The first-order chi connectivity index (χ1) is 10.2. The van der Waals surface area contributed by atoms with E-state index >= 15 is 0 Å². The van der Waals surface area contributed by atoms with Gasteiger partial charge >= 0.3 is 0 Å². The monoisotopic (exact) mass is 286 g/mol. The lowest BCUT2D eigenvalue weighted by molar-refractivity contribution is -0.116. The number of carbonyl (C=O) groups is 1. The largest absolute Gasteiger partial charge is 0.371 e. The lowest BCUT2D eigenvalue weighted by Gasteiger charge is -2.22. The summed E-state index contributed by atoms with van der Waals surface area (Å²) in [6, 6.07) is 15.7. The molecular formula is C17H19FN2O. The fourth-order valence-corrected chi connectivity index (χ4v) is 2.10. The van der Waals surface area contributed by atoms with Crippen LogP contribution in [0.15, 0.2) is 54.6 Å². The van der Waals surface area contributed by atoms with Crippen LogP contribution in [0.3, 0.4) is 0 Å². The van der Waals surface area contributed by atoms with Crippen LogP contribution in [0, 0.1) is 5.82 Å². The molecule has 0 aliphatic heterocycles. The van der Waals surface area contributed by atoms with Gasteiger partial charge in [0.25, 0.3) is 0 Å². The van der Waals surface area contributed by atoms with Crippen molar-refractivity contribution in [3.8, 4) is 0 Å². The number of anilines is 2. The van der Waals surface area contributed by atoms with Gasteiger partial charge in [-0.25, -0.2) is 4.39 Å². The Hall–Kier alpha value is -2.36. The summed E-state index contributed by atoms with van der Waals surface area (Å²) in [7, 11) is 0. The molecule has 0 aliphatic carbocycles. The van der Waals surface area contributed by atoms with E-state index in [9.17, 15) is 9.18 Å². The van der Waals surface area contributed by atoms with E-state index in [1.165, 1.54) is 12.1 Å². The van der Waals surface area contributed by atoms with Crippen molar-refractivity contribution in [3.63, 3.8) is 0 Å². The molecule has 0 radical (unpaired) electrons. The van der Waals surface area contributed by atoms with Gasteiger partial charge in [0.1, 0.15) is 5.82 Å². The fourth-order valence-electron chi connectivity index (χ4n) is 2.10. The zero-order valence-corrected chi connectivity index (χ0v) is 12.1. The molecule has 110 valence electrons. The molecule has 3 nitrogen and oxygen atoms in total. The first-order valence-corrected chi connectivity index (χ1v) is 7.04. The van der Waals surface area contributed by atoms with Gasteiger partial charge in [-0.3, -0.25) is 4.79 Å². The zero-order chi connectivity index (χ0) is 15.1.